The van der Waals surface area contributed by atoms with Gasteiger partial charge in [0.2, 0.25) is 5.82 Å². The van der Waals surface area contributed by atoms with Crippen LogP contribution in [0.3, 0.4) is 0 Å². The fourth-order valence-corrected chi connectivity index (χ4v) is 2.20. The van der Waals surface area contributed by atoms with Gasteiger partial charge in [0.25, 0.3) is 0 Å². The molecule has 19 heavy (non-hydrogen) atoms. The number of nitrogens with zero attached hydrogens (tertiary/aromatic N) is 4. The van der Waals surface area contributed by atoms with Gasteiger partial charge < -0.3 is 10.2 Å². The molecule has 1 fully saturated rings. The van der Waals surface area contributed by atoms with Crippen LogP contribution in [0, 0.1) is 21.4 Å². The summed E-state index contributed by atoms with van der Waals surface area (Å²) >= 11 is 0. The fraction of sp³-hybridized carbons (Fsp3) is 0.500. The van der Waals surface area contributed by atoms with E-state index in [4.69, 9.17) is 5.26 Å². The maximum absolute atomic E-state index is 11.0. The molecule has 1 aromatic rings. The molecule has 0 amide bonds. The van der Waals surface area contributed by atoms with Gasteiger partial charge in [-0.15, -0.1) is 0 Å². The second kappa shape index (κ2) is 6.11. The molecule has 1 aliphatic heterocycles. The third-order valence-electron chi connectivity index (χ3n) is 3.15. The first-order valence-corrected chi connectivity index (χ1v) is 6.22. The van der Waals surface area contributed by atoms with Crippen LogP contribution in [-0.2, 0) is 0 Å². The van der Waals surface area contributed by atoms with Crippen molar-refractivity contribution in [2.45, 2.75) is 12.8 Å². The normalized spacial score (nSPS) is 15.1. The zero-order valence-corrected chi connectivity index (χ0v) is 10.5. The van der Waals surface area contributed by atoms with E-state index in [1.165, 1.54) is 25.1 Å². The van der Waals surface area contributed by atoms with Crippen molar-refractivity contribution >= 4 is 11.5 Å². The Morgan fingerprint density at radius 2 is 2.26 bits per heavy atom. The van der Waals surface area contributed by atoms with Crippen LogP contribution >= 0.6 is 0 Å². The molecule has 0 aliphatic carbocycles. The van der Waals surface area contributed by atoms with E-state index in [2.05, 4.69) is 15.2 Å². The number of hydrogen-bond donors (Lipinski definition) is 1. The molecule has 0 aromatic carbocycles. The molecule has 0 unspecified atom stereocenters. The highest BCUT2D eigenvalue weighted by molar-refractivity contribution is 5.63. The first-order valence-electron chi connectivity index (χ1n) is 6.22. The molecule has 7 nitrogen and oxygen atoms in total. The van der Waals surface area contributed by atoms with Crippen molar-refractivity contribution in [3.63, 3.8) is 0 Å². The van der Waals surface area contributed by atoms with Gasteiger partial charge in [0.1, 0.15) is 11.6 Å². The molecule has 100 valence electrons. The molecule has 0 radical (unpaired) electrons. The second-order valence-electron chi connectivity index (χ2n) is 4.40. The quantitative estimate of drug-likeness (QED) is 0.635. The molecule has 0 bridgehead atoms. The zero-order chi connectivity index (χ0) is 13.7. The molecular weight excluding hydrogens is 246 g/mol. The monoisotopic (exact) mass is 261 g/mol. The first kappa shape index (κ1) is 13.2. The minimum atomic E-state index is -0.566. The Hall–Kier alpha value is -2.20. The van der Waals surface area contributed by atoms with Crippen molar-refractivity contribution < 1.29 is 4.92 Å². The maximum atomic E-state index is 11.0. The number of aromatic nitrogens is 1. The lowest BCUT2D eigenvalue weighted by molar-refractivity contribution is -0.384. The van der Waals surface area contributed by atoms with Crippen molar-refractivity contribution in [3.05, 3.63) is 27.9 Å². The molecule has 0 atom stereocenters. The SMILES string of the molecule is N#Cc1ccnc(NCCN2CCCC2)c1[N+](=O)[O-]. The van der Waals surface area contributed by atoms with Gasteiger partial charge in [0, 0.05) is 19.3 Å². The lowest BCUT2D eigenvalue weighted by Crippen LogP contribution is -2.26. The van der Waals surface area contributed by atoms with Crippen molar-refractivity contribution in [2.75, 3.05) is 31.5 Å². The van der Waals surface area contributed by atoms with Gasteiger partial charge in [-0.25, -0.2) is 4.98 Å². The highest BCUT2D eigenvalue weighted by Crippen LogP contribution is 2.25. The average molecular weight is 261 g/mol. The molecule has 1 N–H and O–H groups in total. The molecule has 0 saturated carbocycles. The van der Waals surface area contributed by atoms with Gasteiger partial charge in [0.05, 0.1) is 4.92 Å². The number of anilines is 1. The number of nitrogens with one attached hydrogen (secondary N) is 1. The predicted molar refractivity (Wildman–Crippen MR) is 69.8 cm³/mol. The molecule has 0 spiro atoms. The summed E-state index contributed by atoms with van der Waals surface area (Å²) in [6.45, 7) is 3.57. The number of pyridine rings is 1. The number of hydrogen-bond acceptors (Lipinski definition) is 6. The summed E-state index contributed by atoms with van der Waals surface area (Å²) in [6.07, 6.45) is 3.83. The Kier molecular flexibility index (Phi) is 4.26. The maximum Gasteiger partial charge on any atom is 0.328 e. The number of nitriles is 1. The minimum Gasteiger partial charge on any atom is -0.363 e. The predicted octanol–water partition coefficient (Wildman–Crippen LogP) is 1.37. The molecule has 2 heterocycles. The number of nitro groups is 1. The molecular formula is C12H15N5O2. The van der Waals surface area contributed by atoms with Gasteiger partial charge in [0.15, 0.2) is 0 Å². The van der Waals surface area contributed by atoms with E-state index in [0.29, 0.717) is 6.54 Å². The number of rotatable bonds is 5. The molecule has 1 saturated heterocycles. The van der Waals surface area contributed by atoms with E-state index in [1.54, 1.807) is 0 Å². The Balaban J connectivity index is 2.03. The summed E-state index contributed by atoms with van der Waals surface area (Å²) in [6, 6.07) is 3.17. The van der Waals surface area contributed by atoms with Crippen LogP contribution in [0.5, 0.6) is 0 Å². The average Bonchev–Trinajstić information content (AvgIpc) is 2.91. The van der Waals surface area contributed by atoms with E-state index in [-0.39, 0.29) is 17.1 Å². The Morgan fingerprint density at radius 1 is 1.53 bits per heavy atom. The summed E-state index contributed by atoms with van der Waals surface area (Å²) in [5.74, 6) is 0.170. The molecule has 1 aliphatic rings. The standard InChI is InChI=1S/C12H15N5O2/c13-9-10-3-4-14-12(11(10)17(18)19)15-5-8-16-6-1-2-7-16/h3-4H,1-2,5-8H2,(H,14,15). The van der Waals surface area contributed by atoms with Crippen molar-refractivity contribution in [1.29, 1.82) is 5.26 Å². The Labute approximate surface area is 111 Å². The Bertz CT molecular complexity index is 505. The van der Waals surface area contributed by atoms with E-state index >= 15 is 0 Å². The zero-order valence-electron chi connectivity index (χ0n) is 10.5. The van der Waals surface area contributed by atoms with E-state index in [0.717, 1.165) is 19.6 Å². The molecule has 2 rings (SSSR count). The van der Waals surface area contributed by atoms with Gasteiger partial charge in [-0.05, 0) is 32.0 Å². The molecule has 7 heteroatoms. The van der Waals surface area contributed by atoms with Crippen LogP contribution in [-0.4, -0.2) is 41.0 Å². The van der Waals surface area contributed by atoms with Crippen molar-refractivity contribution in [1.82, 2.24) is 9.88 Å². The summed E-state index contributed by atoms with van der Waals surface area (Å²) in [7, 11) is 0. The lowest BCUT2D eigenvalue weighted by Gasteiger charge is -2.14. The largest absolute Gasteiger partial charge is 0.363 e. The first-order chi connectivity index (χ1) is 9.22. The topological polar surface area (TPSA) is 95.1 Å². The molecule has 1 aromatic heterocycles. The van der Waals surface area contributed by atoms with Crippen LogP contribution in [0.1, 0.15) is 18.4 Å². The van der Waals surface area contributed by atoms with Crippen LogP contribution in [0.2, 0.25) is 0 Å². The smallest absolute Gasteiger partial charge is 0.328 e. The third-order valence-corrected chi connectivity index (χ3v) is 3.15. The van der Waals surface area contributed by atoms with E-state index in [1.807, 2.05) is 6.07 Å². The highest BCUT2D eigenvalue weighted by Gasteiger charge is 2.21. The second-order valence-corrected chi connectivity index (χ2v) is 4.40. The van der Waals surface area contributed by atoms with Crippen molar-refractivity contribution in [2.24, 2.45) is 0 Å². The van der Waals surface area contributed by atoms with Crippen LogP contribution in [0.15, 0.2) is 12.3 Å². The van der Waals surface area contributed by atoms with Crippen molar-refractivity contribution in [3.8, 4) is 6.07 Å². The fourth-order valence-electron chi connectivity index (χ4n) is 2.20. The highest BCUT2D eigenvalue weighted by atomic mass is 16.6. The van der Waals surface area contributed by atoms with E-state index < -0.39 is 4.92 Å². The lowest BCUT2D eigenvalue weighted by atomic mass is 10.2. The van der Waals surface area contributed by atoms with Crippen LogP contribution in [0.25, 0.3) is 0 Å². The van der Waals surface area contributed by atoms with E-state index in [9.17, 15) is 10.1 Å². The summed E-state index contributed by atoms with van der Waals surface area (Å²) in [4.78, 5) is 16.7. The summed E-state index contributed by atoms with van der Waals surface area (Å²) < 4.78 is 0. The minimum absolute atomic E-state index is 0.0312. The Morgan fingerprint density at radius 3 is 2.89 bits per heavy atom. The summed E-state index contributed by atoms with van der Waals surface area (Å²) in [5, 5.41) is 22.8. The van der Waals surface area contributed by atoms with Gasteiger partial charge in [-0.2, -0.15) is 5.26 Å². The summed E-state index contributed by atoms with van der Waals surface area (Å²) in [5.41, 5.74) is -0.213. The third kappa shape index (κ3) is 3.17. The van der Waals surface area contributed by atoms with Gasteiger partial charge >= 0.3 is 5.69 Å². The van der Waals surface area contributed by atoms with Gasteiger partial charge in [-0.3, -0.25) is 10.1 Å². The van der Waals surface area contributed by atoms with Crippen LogP contribution in [0.4, 0.5) is 11.5 Å². The number of likely N-dealkylation sites (tertiary alicyclic amines) is 1. The van der Waals surface area contributed by atoms with Crippen LogP contribution < -0.4 is 5.32 Å². The van der Waals surface area contributed by atoms with Gasteiger partial charge in [-0.1, -0.05) is 0 Å².